The lowest BCUT2D eigenvalue weighted by atomic mass is 10.2. The average molecular weight is 463 g/mol. The van der Waals surface area contributed by atoms with Crippen LogP contribution in [0.15, 0.2) is 71.5 Å². The summed E-state index contributed by atoms with van der Waals surface area (Å²) in [5.74, 6) is -2.68. The summed E-state index contributed by atoms with van der Waals surface area (Å²) in [4.78, 5) is 42.1. The van der Waals surface area contributed by atoms with Crippen LogP contribution in [0.5, 0.6) is 0 Å². The van der Waals surface area contributed by atoms with E-state index in [-0.39, 0.29) is 16.8 Å². The fraction of sp³-hybridized carbons (Fsp3) is 0.120. The molecule has 1 amide bonds. The molecule has 4 rings (SSSR count). The van der Waals surface area contributed by atoms with Gasteiger partial charge in [0.25, 0.3) is 11.5 Å². The summed E-state index contributed by atoms with van der Waals surface area (Å²) in [6.45, 7) is 3.01. The topological polar surface area (TPSA) is 90.3 Å². The Morgan fingerprint density at radius 3 is 2.47 bits per heavy atom. The normalized spacial score (nSPS) is 11.8. The number of ether oxygens (including phenoxy) is 1. The van der Waals surface area contributed by atoms with Crippen molar-refractivity contribution in [2.45, 2.75) is 20.0 Å². The van der Waals surface area contributed by atoms with Crippen molar-refractivity contribution in [1.82, 2.24) is 9.55 Å². The van der Waals surface area contributed by atoms with Crippen molar-refractivity contribution >= 4 is 28.5 Å². The minimum Gasteiger partial charge on any atom is -0.449 e. The summed E-state index contributed by atoms with van der Waals surface area (Å²) >= 11 is 0. The molecule has 34 heavy (non-hydrogen) atoms. The van der Waals surface area contributed by atoms with Crippen molar-refractivity contribution in [2.24, 2.45) is 0 Å². The van der Waals surface area contributed by atoms with Gasteiger partial charge in [0.1, 0.15) is 17.5 Å². The van der Waals surface area contributed by atoms with E-state index in [1.165, 1.54) is 23.6 Å². The Kier molecular flexibility index (Phi) is 6.18. The smallest absolute Gasteiger partial charge is 0.338 e. The number of fused-ring (bicyclic) bond motifs is 1. The van der Waals surface area contributed by atoms with Crippen LogP contribution in [0, 0.1) is 18.6 Å². The number of para-hydroxylation sites is 1. The van der Waals surface area contributed by atoms with Gasteiger partial charge >= 0.3 is 5.97 Å². The van der Waals surface area contributed by atoms with Gasteiger partial charge in [-0.05, 0) is 62.4 Å². The number of rotatable bonds is 5. The van der Waals surface area contributed by atoms with Crippen LogP contribution in [0.2, 0.25) is 0 Å². The van der Waals surface area contributed by atoms with E-state index in [4.69, 9.17) is 4.74 Å². The van der Waals surface area contributed by atoms with E-state index >= 15 is 0 Å². The van der Waals surface area contributed by atoms with E-state index in [0.717, 1.165) is 18.2 Å². The lowest BCUT2D eigenvalue weighted by molar-refractivity contribution is -0.123. The number of anilines is 1. The zero-order valence-corrected chi connectivity index (χ0v) is 18.2. The lowest BCUT2D eigenvalue weighted by Gasteiger charge is -2.15. The maximum absolute atomic E-state index is 13.7. The molecule has 0 aliphatic rings. The quantitative estimate of drug-likeness (QED) is 0.449. The second-order valence-electron chi connectivity index (χ2n) is 7.52. The van der Waals surface area contributed by atoms with E-state index in [0.29, 0.717) is 22.4 Å². The maximum Gasteiger partial charge on any atom is 0.338 e. The highest BCUT2D eigenvalue weighted by atomic mass is 19.1. The highest BCUT2D eigenvalue weighted by Gasteiger charge is 2.21. The summed E-state index contributed by atoms with van der Waals surface area (Å²) < 4.78 is 33.6. The molecule has 4 aromatic rings. The molecule has 1 heterocycles. The van der Waals surface area contributed by atoms with Gasteiger partial charge in [0.05, 0.1) is 27.8 Å². The van der Waals surface area contributed by atoms with E-state index in [2.05, 4.69) is 10.3 Å². The molecule has 0 saturated carbocycles. The molecular weight excluding hydrogens is 444 g/mol. The van der Waals surface area contributed by atoms with Gasteiger partial charge in [-0.2, -0.15) is 0 Å². The van der Waals surface area contributed by atoms with Crippen molar-refractivity contribution in [1.29, 1.82) is 0 Å². The number of aryl methyl sites for hydroxylation is 1. The van der Waals surface area contributed by atoms with Gasteiger partial charge in [-0.3, -0.25) is 14.2 Å². The van der Waals surface area contributed by atoms with Gasteiger partial charge in [-0.15, -0.1) is 0 Å². The number of carbonyl (C=O) groups excluding carboxylic acids is 2. The monoisotopic (exact) mass is 463 g/mol. The van der Waals surface area contributed by atoms with Crippen molar-refractivity contribution in [3.8, 4) is 5.69 Å². The van der Waals surface area contributed by atoms with Crippen LogP contribution >= 0.6 is 0 Å². The molecule has 0 aliphatic carbocycles. The van der Waals surface area contributed by atoms with Gasteiger partial charge in [-0.1, -0.05) is 12.1 Å². The number of nitrogens with zero attached hydrogens (tertiary/aromatic N) is 2. The summed E-state index contributed by atoms with van der Waals surface area (Å²) in [6.07, 6.45) is -1.27. The fourth-order valence-electron chi connectivity index (χ4n) is 3.40. The van der Waals surface area contributed by atoms with Crippen molar-refractivity contribution < 1.29 is 23.1 Å². The van der Waals surface area contributed by atoms with Crippen LogP contribution in [0.4, 0.5) is 14.5 Å². The molecule has 1 atom stereocenters. The van der Waals surface area contributed by atoms with Gasteiger partial charge in [0.15, 0.2) is 6.10 Å². The number of hydrogen-bond donors (Lipinski definition) is 1. The first-order valence-corrected chi connectivity index (χ1v) is 10.3. The predicted octanol–water partition coefficient (Wildman–Crippen LogP) is 4.16. The van der Waals surface area contributed by atoms with Crippen LogP contribution in [0.3, 0.4) is 0 Å². The minimum absolute atomic E-state index is 0.139. The van der Waals surface area contributed by atoms with Crippen LogP contribution in [0.1, 0.15) is 23.1 Å². The number of aromatic nitrogens is 2. The minimum atomic E-state index is -1.27. The standard InChI is InChI=1S/C25H19F2N3O4/c1-14(23(31)29-22-13-17(26)9-12-20(22)27)34-25(33)16-7-10-18(11-8-16)30-15(2)28-21-6-4-3-5-19(21)24(30)32/h3-14H,1-2H3,(H,29,31). The van der Waals surface area contributed by atoms with Gasteiger partial charge in [-0.25, -0.2) is 18.6 Å². The molecule has 0 fully saturated rings. The molecule has 3 aromatic carbocycles. The van der Waals surface area contributed by atoms with Crippen molar-refractivity contribution in [3.05, 3.63) is 100 Å². The number of carbonyl (C=O) groups is 2. The number of nitrogens with one attached hydrogen (secondary N) is 1. The van der Waals surface area contributed by atoms with Gasteiger partial charge in [0.2, 0.25) is 0 Å². The first kappa shape index (κ1) is 22.8. The average Bonchev–Trinajstić information content (AvgIpc) is 2.81. The Bertz CT molecular complexity index is 1470. The highest BCUT2D eigenvalue weighted by molar-refractivity contribution is 5.97. The van der Waals surface area contributed by atoms with Crippen LogP contribution in [-0.4, -0.2) is 27.5 Å². The third-order valence-corrected chi connectivity index (χ3v) is 5.14. The first-order chi connectivity index (χ1) is 16.2. The largest absolute Gasteiger partial charge is 0.449 e. The lowest BCUT2D eigenvalue weighted by Crippen LogP contribution is -2.30. The van der Waals surface area contributed by atoms with E-state index in [1.54, 1.807) is 43.3 Å². The number of hydrogen-bond acceptors (Lipinski definition) is 5. The Morgan fingerprint density at radius 1 is 1.03 bits per heavy atom. The van der Waals surface area contributed by atoms with E-state index in [1.807, 2.05) is 0 Å². The predicted molar refractivity (Wildman–Crippen MR) is 122 cm³/mol. The second kappa shape index (κ2) is 9.22. The van der Waals surface area contributed by atoms with Crippen LogP contribution in [0.25, 0.3) is 16.6 Å². The molecule has 1 aromatic heterocycles. The summed E-state index contributed by atoms with van der Waals surface area (Å²) in [5, 5.41) is 2.65. The zero-order chi connectivity index (χ0) is 24.4. The summed E-state index contributed by atoms with van der Waals surface area (Å²) in [7, 11) is 0. The molecule has 1 N–H and O–H groups in total. The molecule has 0 aliphatic heterocycles. The highest BCUT2D eigenvalue weighted by Crippen LogP contribution is 2.17. The number of esters is 1. The van der Waals surface area contributed by atoms with E-state index in [9.17, 15) is 23.2 Å². The molecule has 7 nitrogen and oxygen atoms in total. The molecule has 172 valence electrons. The third-order valence-electron chi connectivity index (χ3n) is 5.14. The molecule has 0 radical (unpaired) electrons. The number of amides is 1. The van der Waals surface area contributed by atoms with Crippen LogP contribution in [-0.2, 0) is 9.53 Å². The molecular formula is C25H19F2N3O4. The van der Waals surface area contributed by atoms with Crippen molar-refractivity contribution in [2.75, 3.05) is 5.32 Å². The van der Waals surface area contributed by atoms with Gasteiger partial charge in [0, 0.05) is 6.07 Å². The van der Waals surface area contributed by atoms with Crippen molar-refractivity contribution in [3.63, 3.8) is 0 Å². The first-order valence-electron chi connectivity index (χ1n) is 10.3. The van der Waals surface area contributed by atoms with Gasteiger partial charge < -0.3 is 10.1 Å². The third kappa shape index (κ3) is 4.54. The Labute approximate surface area is 192 Å². The molecule has 9 heteroatoms. The Balaban J connectivity index is 1.49. The molecule has 0 saturated heterocycles. The van der Waals surface area contributed by atoms with Crippen LogP contribution < -0.4 is 10.9 Å². The second-order valence-corrected chi connectivity index (χ2v) is 7.52. The molecule has 0 spiro atoms. The Hall–Kier alpha value is -4.40. The molecule has 1 unspecified atom stereocenters. The molecule has 0 bridgehead atoms. The summed E-state index contributed by atoms with van der Waals surface area (Å²) in [6, 6.07) is 15.7. The number of benzene rings is 3. The van der Waals surface area contributed by atoms with E-state index < -0.39 is 29.6 Å². The SMILES string of the molecule is Cc1nc2ccccc2c(=O)n1-c1ccc(C(=O)OC(C)C(=O)Nc2cc(F)ccc2F)cc1. The fourth-order valence-corrected chi connectivity index (χ4v) is 3.40. The maximum atomic E-state index is 13.7. The summed E-state index contributed by atoms with van der Waals surface area (Å²) in [5.41, 5.74) is 0.631. The zero-order valence-electron chi connectivity index (χ0n) is 18.2. The Morgan fingerprint density at radius 2 is 1.74 bits per heavy atom. The number of halogens is 2.